The topological polar surface area (TPSA) is 84.1 Å². The minimum Gasteiger partial charge on any atom is -0.468 e. The van der Waals surface area contributed by atoms with E-state index in [0.29, 0.717) is 30.2 Å². The highest BCUT2D eigenvalue weighted by Crippen LogP contribution is 2.21. The predicted molar refractivity (Wildman–Crippen MR) is 76.2 cm³/mol. The van der Waals surface area contributed by atoms with Crippen molar-refractivity contribution in [2.24, 2.45) is 0 Å². The average molecular weight is 309 g/mol. The summed E-state index contributed by atoms with van der Waals surface area (Å²) in [4.78, 5) is 30.5. The fourth-order valence-electron chi connectivity index (χ4n) is 2.61. The number of nitrogens with zero attached hydrogens (tertiary/aromatic N) is 3. The molecule has 0 spiro atoms. The van der Waals surface area contributed by atoms with Crippen LogP contribution in [0.1, 0.15) is 12.1 Å². The summed E-state index contributed by atoms with van der Waals surface area (Å²) >= 11 is 1.38. The molecule has 112 valence electrons. The van der Waals surface area contributed by atoms with Gasteiger partial charge in [-0.3, -0.25) is 18.9 Å². The van der Waals surface area contributed by atoms with Crippen LogP contribution in [0.5, 0.6) is 0 Å². The van der Waals surface area contributed by atoms with E-state index in [0.717, 1.165) is 0 Å². The van der Waals surface area contributed by atoms with Crippen molar-refractivity contribution < 1.29 is 14.6 Å². The summed E-state index contributed by atoms with van der Waals surface area (Å²) in [5.41, 5.74) is 0.441. The van der Waals surface area contributed by atoms with Crippen molar-refractivity contribution in [3.05, 3.63) is 33.7 Å². The smallest absolute Gasteiger partial charge is 0.323 e. The van der Waals surface area contributed by atoms with E-state index in [2.05, 4.69) is 4.98 Å². The number of likely N-dealkylation sites (tertiary alicyclic amines) is 1. The highest BCUT2D eigenvalue weighted by Gasteiger charge is 2.36. The lowest BCUT2D eigenvalue weighted by Crippen LogP contribution is -2.37. The van der Waals surface area contributed by atoms with E-state index in [4.69, 9.17) is 4.74 Å². The number of ether oxygens (including phenoxy) is 1. The molecule has 1 saturated heterocycles. The number of esters is 1. The molecule has 0 aromatic carbocycles. The van der Waals surface area contributed by atoms with Gasteiger partial charge in [0.25, 0.3) is 5.56 Å². The van der Waals surface area contributed by atoms with Gasteiger partial charge in [-0.1, -0.05) is 0 Å². The van der Waals surface area contributed by atoms with Crippen LogP contribution in [0.15, 0.2) is 22.4 Å². The number of fused-ring (bicyclic) bond motifs is 1. The number of carbonyl (C=O) groups is 1. The molecule has 0 radical (unpaired) electrons. The SMILES string of the molecule is COC(=O)C1CC(O)CN1Cc1cc(=O)n2ccsc2n1. The first kappa shape index (κ1) is 14.2. The number of hydrogen-bond acceptors (Lipinski definition) is 7. The molecule has 2 aromatic rings. The Hall–Kier alpha value is -1.77. The Balaban J connectivity index is 1.86. The molecule has 0 amide bonds. The van der Waals surface area contributed by atoms with Crippen LogP contribution in [0.2, 0.25) is 0 Å². The van der Waals surface area contributed by atoms with Gasteiger partial charge >= 0.3 is 5.97 Å². The molecule has 0 bridgehead atoms. The molecular weight excluding hydrogens is 294 g/mol. The normalized spacial score (nSPS) is 22.8. The standard InChI is InChI=1S/C13H15N3O4S/c1-20-12(19)10-5-9(17)7-15(10)6-8-4-11(18)16-2-3-21-13(16)14-8/h2-4,9-10,17H,5-7H2,1H3. The van der Waals surface area contributed by atoms with Gasteiger partial charge in [0.15, 0.2) is 4.96 Å². The van der Waals surface area contributed by atoms with Gasteiger partial charge in [0.1, 0.15) is 6.04 Å². The van der Waals surface area contributed by atoms with Gasteiger partial charge in [0, 0.05) is 37.2 Å². The van der Waals surface area contributed by atoms with Gasteiger partial charge in [-0.15, -0.1) is 11.3 Å². The number of carbonyl (C=O) groups excluding carboxylic acids is 1. The van der Waals surface area contributed by atoms with Crippen LogP contribution in [-0.2, 0) is 16.1 Å². The summed E-state index contributed by atoms with van der Waals surface area (Å²) in [7, 11) is 1.33. The molecule has 21 heavy (non-hydrogen) atoms. The highest BCUT2D eigenvalue weighted by molar-refractivity contribution is 7.15. The molecular formula is C13H15N3O4S. The third-order valence-electron chi connectivity index (χ3n) is 3.58. The molecule has 1 fully saturated rings. The number of hydrogen-bond donors (Lipinski definition) is 1. The Kier molecular flexibility index (Phi) is 3.75. The third kappa shape index (κ3) is 2.69. The van der Waals surface area contributed by atoms with Crippen LogP contribution in [0.3, 0.4) is 0 Å². The minimum absolute atomic E-state index is 0.148. The second-order valence-electron chi connectivity index (χ2n) is 5.00. The maximum absolute atomic E-state index is 11.9. The minimum atomic E-state index is -0.569. The Morgan fingerprint density at radius 1 is 1.62 bits per heavy atom. The second kappa shape index (κ2) is 5.55. The first-order valence-corrected chi connectivity index (χ1v) is 7.42. The molecule has 1 aliphatic heterocycles. The van der Waals surface area contributed by atoms with Gasteiger partial charge in [-0.2, -0.15) is 0 Å². The van der Waals surface area contributed by atoms with Crippen LogP contribution in [0, 0.1) is 0 Å². The zero-order chi connectivity index (χ0) is 15.0. The number of aliphatic hydroxyl groups is 1. The third-order valence-corrected chi connectivity index (χ3v) is 4.33. The Labute approximate surface area is 124 Å². The van der Waals surface area contributed by atoms with Crippen molar-refractivity contribution >= 4 is 22.3 Å². The van der Waals surface area contributed by atoms with E-state index in [-0.39, 0.29) is 11.5 Å². The average Bonchev–Trinajstić information content (AvgIpc) is 3.05. The molecule has 1 N–H and O–H groups in total. The van der Waals surface area contributed by atoms with Crippen molar-refractivity contribution in [3.63, 3.8) is 0 Å². The lowest BCUT2D eigenvalue weighted by molar-refractivity contribution is -0.146. The fourth-order valence-corrected chi connectivity index (χ4v) is 3.35. The van der Waals surface area contributed by atoms with Crippen LogP contribution in [-0.4, -0.2) is 51.2 Å². The molecule has 3 rings (SSSR count). The summed E-state index contributed by atoms with van der Waals surface area (Å²) in [5.74, 6) is -0.375. The monoisotopic (exact) mass is 309 g/mol. The molecule has 1 aliphatic rings. The van der Waals surface area contributed by atoms with E-state index in [1.165, 1.54) is 28.9 Å². The predicted octanol–water partition coefficient (Wildman–Crippen LogP) is -0.136. The molecule has 8 heteroatoms. The van der Waals surface area contributed by atoms with E-state index < -0.39 is 12.1 Å². The van der Waals surface area contributed by atoms with Crippen LogP contribution in [0.25, 0.3) is 4.96 Å². The maximum Gasteiger partial charge on any atom is 0.323 e. The largest absolute Gasteiger partial charge is 0.468 e. The van der Waals surface area contributed by atoms with Crippen LogP contribution in [0.4, 0.5) is 0 Å². The van der Waals surface area contributed by atoms with E-state index in [1.807, 2.05) is 0 Å². The molecule has 2 unspecified atom stereocenters. The van der Waals surface area contributed by atoms with Gasteiger partial charge in [-0.05, 0) is 0 Å². The number of β-amino-alcohol motifs (C(OH)–C–C–N with tert-alkyl or cyclic N) is 1. The van der Waals surface area contributed by atoms with Gasteiger partial charge in [0.05, 0.1) is 18.9 Å². The van der Waals surface area contributed by atoms with Crippen molar-refractivity contribution in [3.8, 4) is 0 Å². The maximum atomic E-state index is 11.9. The first-order chi connectivity index (χ1) is 10.1. The van der Waals surface area contributed by atoms with Crippen molar-refractivity contribution in [1.29, 1.82) is 0 Å². The fraction of sp³-hybridized carbons (Fsp3) is 0.462. The summed E-state index contributed by atoms with van der Waals surface area (Å²) in [5, 5.41) is 11.5. The number of thiazole rings is 1. The van der Waals surface area contributed by atoms with Crippen molar-refractivity contribution in [2.45, 2.75) is 25.1 Å². The van der Waals surface area contributed by atoms with Gasteiger partial charge in [-0.25, -0.2) is 4.98 Å². The van der Waals surface area contributed by atoms with Crippen molar-refractivity contribution in [1.82, 2.24) is 14.3 Å². The molecule has 3 heterocycles. The van der Waals surface area contributed by atoms with E-state index in [9.17, 15) is 14.7 Å². The van der Waals surface area contributed by atoms with E-state index in [1.54, 1.807) is 16.5 Å². The lowest BCUT2D eigenvalue weighted by atomic mass is 10.2. The number of methoxy groups -OCH3 is 1. The number of rotatable bonds is 3. The zero-order valence-electron chi connectivity index (χ0n) is 11.4. The first-order valence-electron chi connectivity index (χ1n) is 6.54. The summed E-state index contributed by atoms with van der Waals surface area (Å²) in [6.45, 7) is 0.700. The Morgan fingerprint density at radius 2 is 2.43 bits per heavy atom. The number of aromatic nitrogens is 2. The molecule has 0 saturated carbocycles. The summed E-state index contributed by atoms with van der Waals surface area (Å²) in [6, 6.07) is 0.965. The Bertz CT molecular complexity index is 726. The van der Waals surface area contributed by atoms with Crippen LogP contribution < -0.4 is 5.56 Å². The van der Waals surface area contributed by atoms with Crippen molar-refractivity contribution in [2.75, 3.05) is 13.7 Å². The van der Waals surface area contributed by atoms with Gasteiger partial charge in [0.2, 0.25) is 0 Å². The molecule has 2 atom stereocenters. The molecule has 7 nitrogen and oxygen atoms in total. The van der Waals surface area contributed by atoms with Gasteiger partial charge < -0.3 is 9.84 Å². The zero-order valence-corrected chi connectivity index (χ0v) is 12.2. The quantitative estimate of drug-likeness (QED) is 0.795. The second-order valence-corrected chi connectivity index (χ2v) is 5.87. The van der Waals surface area contributed by atoms with Crippen LogP contribution >= 0.6 is 11.3 Å². The number of aliphatic hydroxyl groups excluding tert-OH is 1. The molecule has 2 aromatic heterocycles. The molecule has 0 aliphatic carbocycles. The van der Waals surface area contributed by atoms with E-state index >= 15 is 0 Å². The summed E-state index contributed by atoms with van der Waals surface area (Å²) < 4.78 is 6.23. The lowest BCUT2D eigenvalue weighted by Gasteiger charge is -2.21. The highest BCUT2D eigenvalue weighted by atomic mass is 32.1. The Morgan fingerprint density at radius 3 is 3.19 bits per heavy atom. The summed E-state index contributed by atoms with van der Waals surface area (Å²) in [6.07, 6.45) is 1.45.